The molecule has 0 spiro atoms. The van der Waals surface area contributed by atoms with Crippen molar-refractivity contribution < 1.29 is 4.79 Å². The number of hydrogen-bond acceptors (Lipinski definition) is 2. The number of para-hydroxylation sites is 1. The SMILES string of the molecule is O=C(NCCc1ccn(-c2ccccc2)n1)c1ccc2c(c1)CCCC2. The third-order valence-electron chi connectivity index (χ3n) is 4.94. The molecule has 0 saturated carbocycles. The summed E-state index contributed by atoms with van der Waals surface area (Å²) in [5.41, 5.74) is 5.52. The lowest BCUT2D eigenvalue weighted by atomic mass is 9.90. The molecule has 4 heteroatoms. The highest BCUT2D eigenvalue weighted by molar-refractivity contribution is 5.94. The number of nitrogens with one attached hydrogen (secondary N) is 1. The van der Waals surface area contributed by atoms with Crippen molar-refractivity contribution in [1.29, 1.82) is 0 Å². The second-order valence-electron chi connectivity index (χ2n) is 6.78. The Morgan fingerprint density at radius 1 is 1.00 bits per heavy atom. The average molecular weight is 345 g/mol. The largest absolute Gasteiger partial charge is 0.352 e. The van der Waals surface area contributed by atoms with Crippen molar-refractivity contribution in [3.63, 3.8) is 0 Å². The van der Waals surface area contributed by atoms with Gasteiger partial charge in [-0.25, -0.2) is 4.68 Å². The Hall–Kier alpha value is -2.88. The number of amides is 1. The highest BCUT2D eigenvalue weighted by atomic mass is 16.1. The van der Waals surface area contributed by atoms with Gasteiger partial charge in [-0.05, 0) is 67.1 Å². The highest BCUT2D eigenvalue weighted by Crippen LogP contribution is 2.22. The van der Waals surface area contributed by atoms with Gasteiger partial charge in [0, 0.05) is 24.7 Å². The topological polar surface area (TPSA) is 46.9 Å². The van der Waals surface area contributed by atoms with E-state index in [1.54, 1.807) is 0 Å². The first-order valence-electron chi connectivity index (χ1n) is 9.29. The summed E-state index contributed by atoms with van der Waals surface area (Å²) in [5.74, 6) is 0.000801. The van der Waals surface area contributed by atoms with Crippen molar-refractivity contribution in [3.05, 3.63) is 83.2 Å². The molecule has 132 valence electrons. The van der Waals surface area contributed by atoms with Crippen LogP contribution >= 0.6 is 0 Å². The molecule has 2 aromatic carbocycles. The quantitative estimate of drug-likeness (QED) is 0.766. The maximum Gasteiger partial charge on any atom is 0.251 e. The Balaban J connectivity index is 1.33. The fraction of sp³-hybridized carbons (Fsp3) is 0.273. The zero-order valence-electron chi connectivity index (χ0n) is 14.8. The minimum Gasteiger partial charge on any atom is -0.352 e. The Morgan fingerprint density at radius 3 is 2.65 bits per heavy atom. The molecule has 0 saturated heterocycles. The van der Waals surface area contributed by atoms with E-state index < -0.39 is 0 Å². The molecule has 26 heavy (non-hydrogen) atoms. The van der Waals surface area contributed by atoms with E-state index in [9.17, 15) is 4.79 Å². The zero-order valence-corrected chi connectivity index (χ0v) is 14.8. The normalized spacial score (nSPS) is 13.2. The van der Waals surface area contributed by atoms with E-state index in [0.717, 1.165) is 36.2 Å². The maximum absolute atomic E-state index is 12.4. The fourth-order valence-corrected chi connectivity index (χ4v) is 3.50. The predicted octanol–water partition coefficient (Wildman–Crippen LogP) is 3.72. The highest BCUT2D eigenvalue weighted by Gasteiger charge is 2.12. The monoisotopic (exact) mass is 345 g/mol. The van der Waals surface area contributed by atoms with Crippen LogP contribution < -0.4 is 5.32 Å². The van der Waals surface area contributed by atoms with Gasteiger partial charge in [-0.2, -0.15) is 5.10 Å². The van der Waals surface area contributed by atoms with Crippen molar-refractivity contribution in [2.45, 2.75) is 32.1 Å². The molecule has 1 aromatic heterocycles. The van der Waals surface area contributed by atoms with Gasteiger partial charge < -0.3 is 5.32 Å². The summed E-state index contributed by atoms with van der Waals surface area (Å²) in [5, 5.41) is 7.59. The van der Waals surface area contributed by atoms with Gasteiger partial charge >= 0.3 is 0 Å². The minimum atomic E-state index is 0.000801. The van der Waals surface area contributed by atoms with Crippen molar-refractivity contribution in [1.82, 2.24) is 15.1 Å². The smallest absolute Gasteiger partial charge is 0.251 e. The Morgan fingerprint density at radius 2 is 1.81 bits per heavy atom. The fourth-order valence-electron chi connectivity index (χ4n) is 3.50. The summed E-state index contributed by atoms with van der Waals surface area (Å²) in [6, 6.07) is 18.2. The number of aryl methyl sites for hydroxylation is 2. The molecule has 1 aliphatic rings. The molecule has 1 N–H and O–H groups in total. The van der Waals surface area contributed by atoms with E-state index in [4.69, 9.17) is 0 Å². The molecule has 1 heterocycles. The van der Waals surface area contributed by atoms with Crippen LogP contribution in [0, 0.1) is 0 Å². The van der Waals surface area contributed by atoms with Crippen LogP contribution in [0.15, 0.2) is 60.8 Å². The summed E-state index contributed by atoms with van der Waals surface area (Å²) in [7, 11) is 0. The molecule has 1 aliphatic carbocycles. The molecule has 4 rings (SSSR count). The van der Waals surface area contributed by atoms with E-state index in [0.29, 0.717) is 6.54 Å². The van der Waals surface area contributed by atoms with Gasteiger partial charge in [-0.15, -0.1) is 0 Å². The predicted molar refractivity (Wildman–Crippen MR) is 103 cm³/mol. The molecule has 0 atom stereocenters. The Bertz CT molecular complexity index is 899. The lowest BCUT2D eigenvalue weighted by Crippen LogP contribution is -2.26. The van der Waals surface area contributed by atoms with Crippen LogP contribution in [0.5, 0.6) is 0 Å². The number of rotatable bonds is 5. The van der Waals surface area contributed by atoms with Crippen molar-refractivity contribution in [3.8, 4) is 5.69 Å². The number of carbonyl (C=O) groups excluding carboxylic acids is 1. The van der Waals surface area contributed by atoms with Crippen LogP contribution in [0.1, 0.15) is 40.0 Å². The van der Waals surface area contributed by atoms with E-state index in [1.165, 1.54) is 24.0 Å². The molecule has 0 bridgehead atoms. The van der Waals surface area contributed by atoms with E-state index in [2.05, 4.69) is 22.5 Å². The summed E-state index contributed by atoms with van der Waals surface area (Å²) < 4.78 is 1.86. The van der Waals surface area contributed by atoms with Gasteiger partial charge in [-0.3, -0.25) is 4.79 Å². The molecule has 0 unspecified atom stereocenters. The van der Waals surface area contributed by atoms with Gasteiger partial charge in [-0.1, -0.05) is 24.3 Å². The minimum absolute atomic E-state index is 0.000801. The summed E-state index contributed by atoms with van der Waals surface area (Å²) in [4.78, 5) is 12.4. The first-order chi connectivity index (χ1) is 12.8. The molecule has 1 amide bonds. The number of hydrogen-bond donors (Lipinski definition) is 1. The van der Waals surface area contributed by atoms with E-state index >= 15 is 0 Å². The van der Waals surface area contributed by atoms with E-state index in [1.807, 2.05) is 53.3 Å². The number of nitrogens with zero attached hydrogens (tertiary/aromatic N) is 2. The number of fused-ring (bicyclic) bond motifs is 1. The number of carbonyl (C=O) groups is 1. The standard InChI is InChI=1S/C22H23N3O/c26-22(19-11-10-17-6-4-5-7-18(17)16-19)23-14-12-20-13-15-25(24-20)21-8-2-1-3-9-21/h1-3,8-11,13,15-16H,4-7,12,14H2,(H,23,26). The Kier molecular flexibility index (Phi) is 4.82. The average Bonchev–Trinajstić information content (AvgIpc) is 3.17. The van der Waals surface area contributed by atoms with Crippen LogP contribution in [0.4, 0.5) is 0 Å². The first-order valence-corrected chi connectivity index (χ1v) is 9.29. The van der Waals surface area contributed by atoms with Crippen LogP contribution in [0.25, 0.3) is 5.69 Å². The number of aromatic nitrogens is 2. The molecule has 0 radical (unpaired) electrons. The van der Waals surface area contributed by atoms with Gasteiger partial charge in [0.25, 0.3) is 5.91 Å². The van der Waals surface area contributed by atoms with Crippen LogP contribution in [0.2, 0.25) is 0 Å². The third-order valence-corrected chi connectivity index (χ3v) is 4.94. The first kappa shape index (κ1) is 16.6. The van der Waals surface area contributed by atoms with Crippen LogP contribution in [-0.4, -0.2) is 22.2 Å². The second-order valence-corrected chi connectivity index (χ2v) is 6.78. The Labute approximate surface area is 153 Å². The molecule has 4 nitrogen and oxygen atoms in total. The zero-order chi connectivity index (χ0) is 17.8. The third kappa shape index (κ3) is 3.69. The molecule has 0 aliphatic heterocycles. The van der Waals surface area contributed by atoms with Crippen molar-refractivity contribution >= 4 is 5.91 Å². The van der Waals surface area contributed by atoms with Gasteiger partial charge in [0.15, 0.2) is 0 Å². The lowest BCUT2D eigenvalue weighted by Gasteiger charge is -2.16. The van der Waals surface area contributed by atoms with Gasteiger partial charge in [0.05, 0.1) is 11.4 Å². The summed E-state index contributed by atoms with van der Waals surface area (Å²) in [6.07, 6.45) is 7.39. The molecular formula is C22H23N3O. The van der Waals surface area contributed by atoms with Crippen molar-refractivity contribution in [2.24, 2.45) is 0 Å². The van der Waals surface area contributed by atoms with Gasteiger partial charge in [0.2, 0.25) is 0 Å². The van der Waals surface area contributed by atoms with Crippen LogP contribution in [-0.2, 0) is 19.3 Å². The molecular weight excluding hydrogens is 322 g/mol. The molecule has 0 fully saturated rings. The summed E-state index contributed by atoms with van der Waals surface area (Å²) in [6.45, 7) is 0.585. The van der Waals surface area contributed by atoms with Crippen LogP contribution in [0.3, 0.4) is 0 Å². The molecule has 3 aromatic rings. The second kappa shape index (κ2) is 7.56. The van der Waals surface area contributed by atoms with Gasteiger partial charge in [0.1, 0.15) is 0 Å². The summed E-state index contributed by atoms with van der Waals surface area (Å²) >= 11 is 0. The van der Waals surface area contributed by atoms with Crippen molar-refractivity contribution in [2.75, 3.05) is 6.54 Å². The van der Waals surface area contributed by atoms with E-state index in [-0.39, 0.29) is 5.91 Å². The maximum atomic E-state index is 12.4. The lowest BCUT2D eigenvalue weighted by molar-refractivity contribution is 0.0954. The number of benzene rings is 2.